The lowest BCUT2D eigenvalue weighted by Crippen LogP contribution is -2.11. The van der Waals surface area contributed by atoms with Gasteiger partial charge in [0.1, 0.15) is 0 Å². The largest absolute Gasteiger partial charge is 0.368 e. The molecule has 4 heteroatoms. The second-order valence-corrected chi connectivity index (χ2v) is 5.78. The zero-order valence-corrected chi connectivity index (χ0v) is 12.5. The zero-order chi connectivity index (χ0) is 15.8. The Morgan fingerprint density at radius 2 is 2.04 bits per heavy atom. The van der Waals surface area contributed by atoms with Crippen LogP contribution in [0.4, 0.5) is 0 Å². The molecule has 1 aliphatic rings. The average Bonchev–Trinajstić information content (AvgIpc) is 2.98. The zero-order valence-electron chi connectivity index (χ0n) is 12.5. The third kappa shape index (κ3) is 2.47. The summed E-state index contributed by atoms with van der Waals surface area (Å²) < 4.78 is 5.98. The van der Waals surface area contributed by atoms with E-state index in [0.717, 1.165) is 28.5 Å². The average molecular weight is 304 g/mol. The molecule has 0 aliphatic carbocycles. The van der Waals surface area contributed by atoms with E-state index in [0.29, 0.717) is 12.2 Å². The van der Waals surface area contributed by atoms with Gasteiger partial charge in [-0.15, -0.1) is 0 Å². The van der Waals surface area contributed by atoms with Gasteiger partial charge in [-0.3, -0.25) is 9.78 Å². The molecule has 3 aromatic rings. The first-order valence-corrected chi connectivity index (χ1v) is 7.59. The Labute approximate surface area is 133 Å². The normalized spacial score (nSPS) is 16.4. The van der Waals surface area contributed by atoms with Crippen molar-refractivity contribution in [1.29, 1.82) is 0 Å². The number of amides is 1. The molecule has 0 saturated carbocycles. The highest BCUT2D eigenvalue weighted by atomic mass is 16.5. The fourth-order valence-electron chi connectivity index (χ4n) is 3.17. The van der Waals surface area contributed by atoms with Crippen molar-refractivity contribution < 1.29 is 9.53 Å². The highest BCUT2D eigenvalue weighted by Crippen LogP contribution is 2.37. The van der Waals surface area contributed by atoms with Crippen molar-refractivity contribution >= 4 is 16.8 Å². The molecule has 23 heavy (non-hydrogen) atoms. The van der Waals surface area contributed by atoms with Gasteiger partial charge in [-0.2, -0.15) is 0 Å². The number of aromatic nitrogens is 1. The van der Waals surface area contributed by atoms with Crippen molar-refractivity contribution in [2.24, 2.45) is 5.73 Å². The standard InChI is InChI=1S/C19H16N2O2/c20-19(22)13-6-7-16-15(9-13)18-14(10-21-16)11-23-17(18)8-12-4-2-1-3-5-12/h1-7,9-10,17H,8,11H2,(H2,20,22). The Balaban J connectivity index is 1.82. The van der Waals surface area contributed by atoms with Crippen LogP contribution in [0.1, 0.15) is 33.2 Å². The Morgan fingerprint density at radius 3 is 2.83 bits per heavy atom. The van der Waals surface area contributed by atoms with E-state index in [2.05, 4.69) is 17.1 Å². The van der Waals surface area contributed by atoms with Crippen LogP contribution in [-0.4, -0.2) is 10.9 Å². The fraction of sp³-hybridized carbons (Fsp3) is 0.158. The number of ether oxygens (including phenoxy) is 1. The van der Waals surface area contributed by atoms with E-state index in [1.54, 1.807) is 6.07 Å². The van der Waals surface area contributed by atoms with Crippen LogP contribution >= 0.6 is 0 Å². The lowest BCUT2D eigenvalue weighted by atomic mass is 9.95. The molecular weight excluding hydrogens is 288 g/mol. The van der Waals surface area contributed by atoms with Gasteiger partial charge in [-0.05, 0) is 29.3 Å². The summed E-state index contributed by atoms with van der Waals surface area (Å²) in [4.78, 5) is 16.0. The topological polar surface area (TPSA) is 65.2 Å². The van der Waals surface area contributed by atoms with Gasteiger partial charge in [-0.25, -0.2) is 0 Å². The molecule has 4 rings (SSSR count). The van der Waals surface area contributed by atoms with E-state index in [9.17, 15) is 4.79 Å². The molecule has 1 aromatic heterocycles. The summed E-state index contributed by atoms with van der Waals surface area (Å²) in [5.41, 5.74) is 10.2. The van der Waals surface area contributed by atoms with E-state index >= 15 is 0 Å². The Bertz CT molecular complexity index is 891. The van der Waals surface area contributed by atoms with Gasteiger partial charge in [0, 0.05) is 29.1 Å². The summed E-state index contributed by atoms with van der Waals surface area (Å²) in [7, 11) is 0. The first-order valence-electron chi connectivity index (χ1n) is 7.59. The van der Waals surface area contributed by atoms with E-state index < -0.39 is 5.91 Å². The minimum Gasteiger partial charge on any atom is -0.368 e. The summed E-state index contributed by atoms with van der Waals surface area (Å²) in [5, 5.41) is 0.956. The van der Waals surface area contributed by atoms with Gasteiger partial charge in [-0.1, -0.05) is 30.3 Å². The number of hydrogen-bond donors (Lipinski definition) is 1. The van der Waals surface area contributed by atoms with Gasteiger partial charge in [0.25, 0.3) is 0 Å². The maximum absolute atomic E-state index is 11.5. The fourth-order valence-corrected chi connectivity index (χ4v) is 3.17. The first-order chi connectivity index (χ1) is 11.2. The van der Waals surface area contributed by atoms with Gasteiger partial charge < -0.3 is 10.5 Å². The second-order valence-electron chi connectivity index (χ2n) is 5.78. The third-order valence-corrected chi connectivity index (χ3v) is 4.30. The molecule has 0 spiro atoms. The molecule has 4 nitrogen and oxygen atoms in total. The molecule has 2 N–H and O–H groups in total. The maximum Gasteiger partial charge on any atom is 0.248 e. The molecule has 114 valence electrons. The quantitative estimate of drug-likeness (QED) is 0.808. The number of nitrogens with two attached hydrogens (primary N) is 1. The van der Waals surface area contributed by atoms with Crippen LogP contribution in [0.5, 0.6) is 0 Å². The van der Waals surface area contributed by atoms with Gasteiger partial charge in [0.15, 0.2) is 0 Å². The lowest BCUT2D eigenvalue weighted by Gasteiger charge is -2.14. The number of primary amides is 1. The molecule has 0 bridgehead atoms. The van der Waals surface area contributed by atoms with Crippen LogP contribution < -0.4 is 5.73 Å². The van der Waals surface area contributed by atoms with Gasteiger partial charge in [0.05, 0.1) is 18.2 Å². The van der Waals surface area contributed by atoms with Crippen molar-refractivity contribution in [1.82, 2.24) is 4.98 Å². The highest BCUT2D eigenvalue weighted by molar-refractivity contribution is 5.97. The van der Waals surface area contributed by atoms with E-state index in [4.69, 9.17) is 10.5 Å². The van der Waals surface area contributed by atoms with Crippen LogP contribution in [0.15, 0.2) is 54.7 Å². The van der Waals surface area contributed by atoms with Crippen molar-refractivity contribution in [2.45, 2.75) is 19.1 Å². The Morgan fingerprint density at radius 1 is 1.22 bits per heavy atom. The van der Waals surface area contributed by atoms with Gasteiger partial charge in [0.2, 0.25) is 5.91 Å². The number of carbonyl (C=O) groups excluding carboxylic acids is 1. The maximum atomic E-state index is 11.5. The summed E-state index contributed by atoms with van der Waals surface area (Å²) >= 11 is 0. The molecule has 1 amide bonds. The molecule has 2 heterocycles. The SMILES string of the molecule is NC(=O)c1ccc2ncc3c(c2c1)C(Cc1ccccc1)OC3. The molecular formula is C19H16N2O2. The monoisotopic (exact) mass is 304 g/mol. The number of nitrogens with zero attached hydrogens (tertiary/aromatic N) is 1. The van der Waals surface area contributed by atoms with Crippen LogP contribution in [0.2, 0.25) is 0 Å². The Kier molecular flexibility index (Phi) is 3.32. The van der Waals surface area contributed by atoms with Crippen LogP contribution in [-0.2, 0) is 17.8 Å². The van der Waals surface area contributed by atoms with Crippen LogP contribution in [0, 0.1) is 0 Å². The summed E-state index contributed by atoms with van der Waals surface area (Å²) in [6.45, 7) is 0.552. The summed E-state index contributed by atoms with van der Waals surface area (Å²) in [5.74, 6) is -0.428. The number of rotatable bonds is 3. The number of carbonyl (C=O) groups is 1. The van der Waals surface area contributed by atoms with E-state index in [1.807, 2.05) is 36.5 Å². The van der Waals surface area contributed by atoms with Crippen molar-refractivity contribution in [3.05, 3.63) is 77.0 Å². The van der Waals surface area contributed by atoms with E-state index in [1.165, 1.54) is 5.56 Å². The van der Waals surface area contributed by atoms with Crippen LogP contribution in [0.25, 0.3) is 10.9 Å². The predicted octanol–water partition coefficient (Wildman–Crippen LogP) is 3.15. The molecule has 1 unspecified atom stereocenters. The number of benzene rings is 2. The van der Waals surface area contributed by atoms with Crippen molar-refractivity contribution in [3.8, 4) is 0 Å². The number of pyridine rings is 1. The smallest absolute Gasteiger partial charge is 0.248 e. The molecule has 2 aromatic carbocycles. The summed E-state index contributed by atoms with van der Waals surface area (Å²) in [6, 6.07) is 15.6. The van der Waals surface area contributed by atoms with Crippen LogP contribution in [0.3, 0.4) is 0 Å². The van der Waals surface area contributed by atoms with Crippen molar-refractivity contribution in [3.63, 3.8) is 0 Å². The number of fused-ring (bicyclic) bond motifs is 3. The van der Waals surface area contributed by atoms with E-state index in [-0.39, 0.29) is 6.10 Å². The lowest BCUT2D eigenvalue weighted by molar-refractivity contribution is 0.0671. The minimum absolute atomic E-state index is 0.0268. The molecule has 1 atom stereocenters. The molecule has 1 aliphatic heterocycles. The molecule has 0 saturated heterocycles. The number of hydrogen-bond acceptors (Lipinski definition) is 3. The minimum atomic E-state index is -0.428. The predicted molar refractivity (Wildman–Crippen MR) is 87.9 cm³/mol. The van der Waals surface area contributed by atoms with Gasteiger partial charge >= 0.3 is 0 Å². The first kappa shape index (κ1) is 13.9. The van der Waals surface area contributed by atoms with Crippen molar-refractivity contribution in [2.75, 3.05) is 0 Å². The third-order valence-electron chi connectivity index (χ3n) is 4.30. The molecule has 0 fully saturated rings. The Hall–Kier alpha value is -2.72. The second kappa shape index (κ2) is 5.48. The molecule has 0 radical (unpaired) electrons. The highest BCUT2D eigenvalue weighted by Gasteiger charge is 2.26. The summed E-state index contributed by atoms with van der Waals surface area (Å²) in [6.07, 6.45) is 2.64.